The first-order valence-electron chi connectivity index (χ1n) is 13.3. The average Bonchev–Trinajstić information content (AvgIpc) is 3.33. The van der Waals surface area contributed by atoms with Gasteiger partial charge >= 0.3 is 0 Å². The third-order valence-corrected chi connectivity index (χ3v) is 8.80. The Morgan fingerprint density at radius 1 is 1.05 bits per heavy atom. The molecule has 0 spiro atoms. The number of benzene rings is 1. The number of rotatable bonds is 6. The zero-order chi connectivity index (χ0) is 26.5. The zero-order valence-electron chi connectivity index (χ0n) is 21.1. The van der Waals surface area contributed by atoms with E-state index in [-0.39, 0.29) is 30.4 Å². The Bertz CT molecular complexity index is 1570. The van der Waals surface area contributed by atoms with Gasteiger partial charge in [-0.25, -0.2) is 23.4 Å². The molecule has 11 heteroatoms. The van der Waals surface area contributed by atoms with Gasteiger partial charge in [0.25, 0.3) is 0 Å². The predicted molar refractivity (Wildman–Crippen MR) is 142 cm³/mol. The fourth-order valence-corrected chi connectivity index (χ4v) is 6.52. The number of pyridine rings is 1. The minimum atomic E-state index is -0.803. The third kappa shape index (κ3) is 4.58. The maximum absolute atomic E-state index is 14.2. The van der Waals surface area contributed by atoms with Crippen molar-refractivity contribution in [2.75, 3.05) is 13.1 Å². The van der Waals surface area contributed by atoms with Gasteiger partial charge in [0.15, 0.2) is 11.8 Å². The van der Waals surface area contributed by atoms with E-state index < -0.39 is 17.7 Å². The minimum Gasteiger partial charge on any atom is -0.387 e. The summed E-state index contributed by atoms with van der Waals surface area (Å²) in [5.74, 6) is -0.506. The summed E-state index contributed by atoms with van der Waals surface area (Å²) in [6, 6.07) is 7.73. The summed E-state index contributed by atoms with van der Waals surface area (Å²) >= 11 is 1.55. The van der Waals surface area contributed by atoms with Crippen molar-refractivity contribution >= 4 is 34.0 Å². The van der Waals surface area contributed by atoms with E-state index in [1.165, 1.54) is 18.2 Å². The molecule has 200 valence electrons. The molecule has 8 nitrogen and oxygen atoms in total. The number of carbonyl (C=O) groups excluding carboxylic acids is 1. The molecule has 2 fully saturated rings. The second kappa shape index (κ2) is 9.78. The van der Waals surface area contributed by atoms with Gasteiger partial charge in [-0.1, -0.05) is 11.2 Å². The lowest BCUT2D eigenvalue weighted by atomic mass is 9.97. The van der Waals surface area contributed by atoms with Gasteiger partial charge in [-0.15, -0.1) is 11.3 Å². The van der Waals surface area contributed by atoms with Crippen LogP contribution in [0.15, 0.2) is 47.1 Å². The van der Waals surface area contributed by atoms with Gasteiger partial charge in [-0.05, 0) is 49.9 Å². The van der Waals surface area contributed by atoms with Crippen LogP contribution in [-0.2, 0) is 16.2 Å². The number of piperidine rings is 1. The van der Waals surface area contributed by atoms with Crippen LogP contribution in [0.4, 0.5) is 8.78 Å². The molecule has 1 aromatic carbocycles. The van der Waals surface area contributed by atoms with E-state index >= 15 is 0 Å². The summed E-state index contributed by atoms with van der Waals surface area (Å²) in [6.45, 7) is 1.49. The number of fused-ring (bicyclic) bond motifs is 1. The molecule has 1 amide bonds. The standard InChI is InChI=1S/C28H26F2N6O2S/c29-19-4-1-5-20(30)25(19)23-13-21(34-38-23)22-15-39-28(32-22)17-8-11-35(12-9-17)24(37)14-36-27-18(3-2-10-31-27)26(33-36)16-6-7-16/h1-5,10,15-17,23H,6-9,11-14H2. The summed E-state index contributed by atoms with van der Waals surface area (Å²) in [6.07, 6.45) is 5.12. The zero-order valence-corrected chi connectivity index (χ0v) is 21.9. The van der Waals surface area contributed by atoms with Crippen LogP contribution in [0, 0.1) is 11.6 Å². The lowest BCUT2D eigenvalue weighted by molar-refractivity contribution is -0.133. The van der Waals surface area contributed by atoms with Crippen LogP contribution in [0.2, 0.25) is 0 Å². The lowest BCUT2D eigenvalue weighted by Gasteiger charge is -2.31. The summed E-state index contributed by atoms with van der Waals surface area (Å²) in [5, 5.41) is 12.8. The van der Waals surface area contributed by atoms with Gasteiger partial charge in [0.1, 0.15) is 23.9 Å². The van der Waals surface area contributed by atoms with Crippen molar-refractivity contribution in [3.63, 3.8) is 0 Å². The quantitative estimate of drug-likeness (QED) is 0.326. The molecule has 1 atom stereocenters. The summed E-state index contributed by atoms with van der Waals surface area (Å²) in [7, 11) is 0. The predicted octanol–water partition coefficient (Wildman–Crippen LogP) is 5.32. The highest BCUT2D eigenvalue weighted by atomic mass is 32.1. The third-order valence-electron chi connectivity index (χ3n) is 7.79. The van der Waals surface area contributed by atoms with Crippen molar-refractivity contribution < 1.29 is 18.4 Å². The molecule has 39 heavy (non-hydrogen) atoms. The number of likely N-dealkylation sites (tertiary alicyclic amines) is 1. The fourth-order valence-electron chi connectivity index (χ4n) is 5.52. The molecule has 1 saturated carbocycles. The Balaban J connectivity index is 0.973. The van der Waals surface area contributed by atoms with Crippen LogP contribution in [0.5, 0.6) is 0 Å². The number of hydrogen-bond acceptors (Lipinski definition) is 7. The first-order chi connectivity index (χ1) is 19.0. The van der Waals surface area contributed by atoms with Crippen LogP contribution < -0.4 is 0 Å². The molecule has 0 N–H and O–H groups in total. The van der Waals surface area contributed by atoms with Gasteiger partial charge in [0, 0.05) is 48.3 Å². The molecule has 0 radical (unpaired) electrons. The van der Waals surface area contributed by atoms with Gasteiger partial charge < -0.3 is 9.74 Å². The number of oxime groups is 1. The van der Waals surface area contributed by atoms with Gasteiger partial charge in [-0.2, -0.15) is 5.10 Å². The van der Waals surface area contributed by atoms with Crippen LogP contribution in [0.1, 0.15) is 72.0 Å². The molecule has 5 heterocycles. The Labute approximate surface area is 227 Å². The first-order valence-corrected chi connectivity index (χ1v) is 14.1. The Morgan fingerprint density at radius 3 is 2.62 bits per heavy atom. The number of aromatic nitrogens is 4. The lowest BCUT2D eigenvalue weighted by Crippen LogP contribution is -2.40. The SMILES string of the molecule is O=C(Cn1nc(C2CC2)c2cccnc21)N1CCC(c2nc(C3=NOC(c4c(F)cccc4F)C3)cs2)CC1. The van der Waals surface area contributed by atoms with E-state index in [0.717, 1.165) is 47.4 Å². The van der Waals surface area contributed by atoms with Gasteiger partial charge in [0.05, 0.1) is 22.0 Å². The van der Waals surface area contributed by atoms with Gasteiger partial charge in [-0.3, -0.25) is 4.79 Å². The normalized spacial score (nSPS) is 19.9. The molecule has 0 bridgehead atoms. The van der Waals surface area contributed by atoms with Crippen molar-refractivity contribution in [1.82, 2.24) is 24.6 Å². The van der Waals surface area contributed by atoms with Crippen LogP contribution in [0.25, 0.3) is 11.0 Å². The van der Waals surface area contributed by atoms with Crippen molar-refractivity contribution in [3.05, 3.63) is 75.5 Å². The number of nitrogens with zero attached hydrogens (tertiary/aromatic N) is 6. The number of halogens is 2. The highest BCUT2D eigenvalue weighted by molar-refractivity contribution is 7.10. The van der Waals surface area contributed by atoms with E-state index in [2.05, 4.69) is 10.1 Å². The molecule has 1 unspecified atom stereocenters. The first kappa shape index (κ1) is 24.3. The highest BCUT2D eigenvalue weighted by Crippen LogP contribution is 2.42. The van der Waals surface area contributed by atoms with Gasteiger partial charge in [0.2, 0.25) is 5.91 Å². The van der Waals surface area contributed by atoms with Crippen molar-refractivity contribution in [2.45, 2.75) is 56.6 Å². The van der Waals surface area contributed by atoms with E-state index in [1.54, 1.807) is 22.2 Å². The number of amides is 1. The van der Waals surface area contributed by atoms with E-state index in [1.807, 2.05) is 22.4 Å². The van der Waals surface area contributed by atoms with E-state index in [4.69, 9.17) is 14.9 Å². The highest BCUT2D eigenvalue weighted by Gasteiger charge is 2.33. The number of carbonyl (C=O) groups is 1. The van der Waals surface area contributed by atoms with Crippen molar-refractivity contribution in [1.29, 1.82) is 0 Å². The second-order valence-corrected chi connectivity index (χ2v) is 11.3. The van der Waals surface area contributed by atoms with E-state index in [0.29, 0.717) is 30.4 Å². The Morgan fingerprint density at radius 2 is 1.85 bits per heavy atom. The summed E-state index contributed by atoms with van der Waals surface area (Å²) < 4.78 is 30.1. The number of thiazole rings is 1. The molecule has 1 aliphatic carbocycles. The maximum Gasteiger partial charge on any atom is 0.244 e. The van der Waals surface area contributed by atoms with E-state index in [9.17, 15) is 13.6 Å². The molecule has 3 aromatic heterocycles. The molecule has 3 aliphatic rings. The minimum absolute atomic E-state index is 0.0505. The second-order valence-electron chi connectivity index (χ2n) is 10.4. The van der Waals surface area contributed by atoms with Crippen LogP contribution in [-0.4, -0.2) is 49.4 Å². The summed E-state index contributed by atoms with van der Waals surface area (Å²) in [4.78, 5) is 29.7. The molecule has 1 saturated heterocycles. The Kier molecular flexibility index (Phi) is 6.10. The molecule has 4 aromatic rings. The largest absolute Gasteiger partial charge is 0.387 e. The fraction of sp³-hybridized carbons (Fsp3) is 0.393. The maximum atomic E-state index is 14.2. The van der Waals surface area contributed by atoms with Crippen LogP contribution in [0.3, 0.4) is 0 Å². The smallest absolute Gasteiger partial charge is 0.244 e. The number of hydrogen-bond donors (Lipinski definition) is 0. The molecule has 2 aliphatic heterocycles. The topological polar surface area (TPSA) is 85.5 Å². The monoisotopic (exact) mass is 548 g/mol. The molecule has 7 rings (SSSR count). The summed E-state index contributed by atoms with van der Waals surface area (Å²) in [5.41, 5.74) is 3.00. The van der Waals surface area contributed by atoms with Crippen molar-refractivity contribution in [2.24, 2.45) is 5.16 Å². The molecular formula is C28H26F2N6O2S. The average molecular weight is 549 g/mol. The molecular weight excluding hydrogens is 522 g/mol. The van der Waals surface area contributed by atoms with Crippen LogP contribution >= 0.6 is 11.3 Å². The van der Waals surface area contributed by atoms with Crippen molar-refractivity contribution in [3.8, 4) is 0 Å². The Hall–Kier alpha value is -3.73.